The lowest BCUT2D eigenvalue weighted by molar-refractivity contribution is 0.0948. The molecule has 0 spiro atoms. The topological polar surface area (TPSA) is 80.3 Å². The number of nitrogens with one attached hydrogen (secondary N) is 2. The summed E-state index contributed by atoms with van der Waals surface area (Å²) in [5, 5.41) is 8.24. The molecule has 1 heterocycles. The van der Waals surface area contributed by atoms with Gasteiger partial charge in [0, 0.05) is 24.0 Å². The second kappa shape index (κ2) is 11.6. The molecule has 6 nitrogen and oxygen atoms in total. The van der Waals surface area contributed by atoms with Crippen molar-refractivity contribution in [2.24, 2.45) is 0 Å². The highest BCUT2D eigenvalue weighted by molar-refractivity contribution is 7.09. The van der Waals surface area contributed by atoms with Gasteiger partial charge in [-0.25, -0.2) is 4.98 Å². The maximum absolute atomic E-state index is 12.4. The first-order valence-corrected chi connectivity index (χ1v) is 12.0. The molecule has 0 unspecified atom stereocenters. The third-order valence-electron chi connectivity index (χ3n) is 5.24. The van der Waals surface area contributed by atoms with Crippen LogP contribution in [0.4, 0.5) is 0 Å². The van der Waals surface area contributed by atoms with Gasteiger partial charge >= 0.3 is 0 Å². The highest BCUT2D eigenvalue weighted by Crippen LogP contribution is 2.28. The first-order valence-electron chi connectivity index (χ1n) is 11.1. The molecule has 2 N–H and O–H groups in total. The largest absolute Gasteiger partial charge is 0.486 e. The monoisotopic (exact) mass is 465 g/mol. The Morgan fingerprint density at radius 1 is 1.03 bits per heavy atom. The van der Waals surface area contributed by atoms with E-state index in [-0.39, 0.29) is 11.8 Å². The number of hydrogen-bond acceptors (Lipinski definition) is 5. The van der Waals surface area contributed by atoms with Crippen LogP contribution < -0.4 is 15.4 Å². The Morgan fingerprint density at radius 2 is 1.76 bits per heavy atom. The molecule has 3 rings (SSSR count). The van der Waals surface area contributed by atoms with E-state index in [1.807, 2.05) is 38.1 Å². The van der Waals surface area contributed by atoms with Crippen molar-refractivity contribution in [1.82, 2.24) is 15.6 Å². The summed E-state index contributed by atoms with van der Waals surface area (Å²) in [4.78, 5) is 29.0. The number of ether oxygens (including phenoxy) is 1. The van der Waals surface area contributed by atoms with Crippen molar-refractivity contribution >= 4 is 23.2 Å². The van der Waals surface area contributed by atoms with Crippen LogP contribution in [0.15, 0.2) is 47.8 Å². The summed E-state index contributed by atoms with van der Waals surface area (Å²) in [7, 11) is 0. The first kappa shape index (κ1) is 24.5. The normalized spacial score (nSPS) is 10.8. The Labute approximate surface area is 199 Å². The number of nitrogens with zero attached hydrogens (tertiary/aromatic N) is 1. The minimum atomic E-state index is -0.221. The summed E-state index contributed by atoms with van der Waals surface area (Å²) in [5.41, 5.74) is 4.29. The fourth-order valence-corrected chi connectivity index (χ4v) is 4.06. The van der Waals surface area contributed by atoms with Crippen LogP contribution in [-0.4, -0.2) is 29.9 Å². The van der Waals surface area contributed by atoms with Crippen LogP contribution >= 0.6 is 11.3 Å². The van der Waals surface area contributed by atoms with E-state index in [4.69, 9.17) is 4.74 Å². The molecule has 7 heteroatoms. The Hall–Kier alpha value is -3.19. The van der Waals surface area contributed by atoms with Crippen molar-refractivity contribution in [3.05, 3.63) is 80.8 Å². The summed E-state index contributed by atoms with van der Waals surface area (Å²) in [5.74, 6) is 0.901. The van der Waals surface area contributed by atoms with Crippen LogP contribution in [0, 0.1) is 13.8 Å². The van der Waals surface area contributed by atoms with Gasteiger partial charge in [0.05, 0.1) is 0 Å². The lowest BCUT2D eigenvalue weighted by Gasteiger charge is -2.14. The van der Waals surface area contributed by atoms with Crippen LogP contribution in [0.3, 0.4) is 0 Å². The molecule has 0 saturated heterocycles. The molecule has 0 radical (unpaired) electrons. The average molecular weight is 466 g/mol. The van der Waals surface area contributed by atoms with Gasteiger partial charge in [-0.1, -0.05) is 44.2 Å². The molecular weight excluding hydrogens is 434 g/mol. The maximum atomic E-state index is 12.4. The summed E-state index contributed by atoms with van der Waals surface area (Å²) in [6, 6.07) is 13.7. The third kappa shape index (κ3) is 6.89. The molecule has 3 aromatic rings. The summed E-state index contributed by atoms with van der Waals surface area (Å²) in [6.45, 7) is 9.49. The molecule has 0 atom stereocenters. The molecule has 0 fully saturated rings. The summed E-state index contributed by atoms with van der Waals surface area (Å²) in [6.07, 6.45) is 0.634. The highest BCUT2D eigenvalue weighted by Gasteiger charge is 2.13. The Morgan fingerprint density at radius 3 is 2.48 bits per heavy atom. The van der Waals surface area contributed by atoms with Gasteiger partial charge in [-0.3, -0.25) is 9.59 Å². The minimum absolute atomic E-state index is 0.0993. The molecule has 2 amide bonds. The number of amides is 2. The van der Waals surface area contributed by atoms with Gasteiger partial charge in [0.15, 0.2) is 0 Å². The van der Waals surface area contributed by atoms with Crippen molar-refractivity contribution < 1.29 is 14.3 Å². The summed E-state index contributed by atoms with van der Waals surface area (Å²) >= 11 is 1.41. The molecular formula is C26H31N3O3S. The van der Waals surface area contributed by atoms with Gasteiger partial charge in [0.1, 0.15) is 23.1 Å². The van der Waals surface area contributed by atoms with Gasteiger partial charge in [0.25, 0.3) is 11.8 Å². The number of thiazole rings is 1. The second-order valence-corrected chi connectivity index (χ2v) is 9.23. The molecule has 0 aliphatic heterocycles. The SMILES string of the molecule is Cc1ccc(C(C)C)c(OCc2nc(C(=O)NCCCNC(=O)c3ccccc3C)cs2)c1. The molecule has 0 aliphatic rings. The van der Waals surface area contributed by atoms with Crippen molar-refractivity contribution in [3.63, 3.8) is 0 Å². The standard InChI is InChI=1S/C26H31N3O3S/c1-17(2)20-11-10-18(3)14-23(20)32-15-24-29-22(16-33-24)26(31)28-13-7-12-27-25(30)21-9-6-5-8-19(21)4/h5-6,8-11,14,16-17H,7,12-13,15H2,1-4H3,(H,27,30)(H,28,31). The van der Waals surface area contributed by atoms with Crippen molar-refractivity contribution in [3.8, 4) is 5.75 Å². The van der Waals surface area contributed by atoms with Gasteiger partial charge in [-0.05, 0) is 55.0 Å². The first-order chi connectivity index (χ1) is 15.8. The molecule has 0 aliphatic carbocycles. The van der Waals surface area contributed by atoms with Gasteiger partial charge in [-0.15, -0.1) is 11.3 Å². The van der Waals surface area contributed by atoms with Crippen LogP contribution in [0.2, 0.25) is 0 Å². The van der Waals surface area contributed by atoms with Gasteiger partial charge < -0.3 is 15.4 Å². The van der Waals surface area contributed by atoms with E-state index in [0.717, 1.165) is 27.4 Å². The second-order valence-electron chi connectivity index (χ2n) is 8.29. The van der Waals surface area contributed by atoms with E-state index >= 15 is 0 Å². The number of carbonyl (C=O) groups excluding carboxylic acids is 2. The van der Waals surface area contributed by atoms with Crippen LogP contribution in [0.5, 0.6) is 5.75 Å². The quantitative estimate of drug-likeness (QED) is 0.412. The van der Waals surface area contributed by atoms with Gasteiger partial charge in [0.2, 0.25) is 0 Å². The van der Waals surface area contributed by atoms with Crippen molar-refractivity contribution in [2.45, 2.75) is 46.6 Å². The Kier molecular flexibility index (Phi) is 8.60. The summed E-state index contributed by atoms with van der Waals surface area (Å²) < 4.78 is 6.01. The zero-order valence-corrected chi connectivity index (χ0v) is 20.4. The van der Waals surface area contributed by atoms with E-state index in [2.05, 4.69) is 41.6 Å². The Balaban J connectivity index is 1.42. The van der Waals surface area contributed by atoms with Crippen molar-refractivity contribution in [2.75, 3.05) is 13.1 Å². The molecule has 1 aromatic heterocycles. The predicted molar refractivity (Wildman–Crippen MR) is 132 cm³/mol. The van der Waals surface area contributed by atoms with Crippen LogP contribution in [0.25, 0.3) is 0 Å². The zero-order valence-electron chi connectivity index (χ0n) is 19.6. The fraction of sp³-hybridized carbons (Fsp3) is 0.346. The highest BCUT2D eigenvalue weighted by atomic mass is 32.1. The van der Waals surface area contributed by atoms with E-state index in [1.165, 1.54) is 11.3 Å². The third-order valence-corrected chi connectivity index (χ3v) is 6.06. The number of benzene rings is 2. The molecule has 174 valence electrons. The number of rotatable bonds is 10. The zero-order chi connectivity index (χ0) is 23.8. The average Bonchev–Trinajstić information content (AvgIpc) is 3.26. The molecule has 33 heavy (non-hydrogen) atoms. The fourth-order valence-electron chi connectivity index (χ4n) is 3.37. The van der Waals surface area contributed by atoms with E-state index in [0.29, 0.717) is 43.3 Å². The number of carbonyl (C=O) groups is 2. The lowest BCUT2D eigenvalue weighted by Crippen LogP contribution is -2.30. The predicted octanol–water partition coefficient (Wildman–Crippen LogP) is 5.01. The van der Waals surface area contributed by atoms with E-state index in [9.17, 15) is 9.59 Å². The van der Waals surface area contributed by atoms with Crippen molar-refractivity contribution in [1.29, 1.82) is 0 Å². The van der Waals surface area contributed by atoms with Crippen LogP contribution in [0.1, 0.15) is 68.7 Å². The molecule has 0 bridgehead atoms. The van der Waals surface area contributed by atoms with Crippen LogP contribution in [-0.2, 0) is 6.61 Å². The number of aryl methyl sites for hydroxylation is 2. The number of hydrogen-bond donors (Lipinski definition) is 2. The lowest BCUT2D eigenvalue weighted by atomic mass is 10.0. The minimum Gasteiger partial charge on any atom is -0.486 e. The number of aromatic nitrogens is 1. The Bertz CT molecular complexity index is 1110. The molecule has 2 aromatic carbocycles. The molecule has 0 saturated carbocycles. The van der Waals surface area contributed by atoms with Gasteiger partial charge in [-0.2, -0.15) is 0 Å². The maximum Gasteiger partial charge on any atom is 0.270 e. The van der Waals surface area contributed by atoms with E-state index in [1.54, 1.807) is 11.4 Å². The van der Waals surface area contributed by atoms with E-state index < -0.39 is 0 Å². The smallest absolute Gasteiger partial charge is 0.270 e.